The first-order valence-electron chi connectivity index (χ1n) is 8.81. The maximum absolute atomic E-state index is 7.34. The van der Waals surface area contributed by atoms with Crippen molar-refractivity contribution in [2.45, 2.75) is 71.1 Å². The van der Waals surface area contributed by atoms with Gasteiger partial charge in [0.05, 0.1) is 6.61 Å². The number of unbranched alkanes of at least 4 members (excludes halogenated alkanes) is 9. The van der Waals surface area contributed by atoms with E-state index in [4.69, 9.17) is 15.9 Å². The lowest BCUT2D eigenvalue weighted by molar-refractivity contribution is 0.304. The minimum atomic E-state index is 0.0984. The topological polar surface area (TPSA) is 59.1 Å². The number of hydrogen-bond donors (Lipinski definition) is 2. The molecule has 1 aromatic rings. The average Bonchev–Trinajstić information content (AvgIpc) is 2.53. The van der Waals surface area contributed by atoms with Crippen LogP contribution in [0.1, 0.15) is 76.7 Å². The van der Waals surface area contributed by atoms with Gasteiger partial charge >= 0.3 is 0 Å². The number of amidine groups is 1. The molecule has 0 saturated heterocycles. The van der Waals surface area contributed by atoms with E-state index in [1.165, 1.54) is 57.8 Å². The number of nitrogens with one attached hydrogen (secondary N) is 1. The largest absolute Gasteiger partial charge is 0.494 e. The van der Waals surface area contributed by atoms with Crippen molar-refractivity contribution in [3.63, 3.8) is 0 Å². The molecule has 0 atom stereocenters. The molecule has 22 heavy (non-hydrogen) atoms. The second-order valence-corrected chi connectivity index (χ2v) is 5.97. The first-order chi connectivity index (χ1) is 10.7. The first-order valence-corrected chi connectivity index (χ1v) is 8.81. The second kappa shape index (κ2) is 12.1. The van der Waals surface area contributed by atoms with Gasteiger partial charge in [0.1, 0.15) is 11.6 Å². The molecule has 0 spiro atoms. The third-order valence-electron chi connectivity index (χ3n) is 3.93. The van der Waals surface area contributed by atoms with E-state index in [-0.39, 0.29) is 5.84 Å². The molecule has 0 aliphatic heterocycles. The van der Waals surface area contributed by atoms with Crippen LogP contribution in [0, 0.1) is 5.41 Å². The molecule has 0 saturated carbocycles. The first kappa shape index (κ1) is 18.5. The van der Waals surface area contributed by atoms with Crippen LogP contribution in [0.15, 0.2) is 24.3 Å². The molecule has 3 nitrogen and oxygen atoms in total. The van der Waals surface area contributed by atoms with Crippen LogP contribution in [0.5, 0.6) is 5.75 Å². The van der Waals surface area contributed by atoms with E-state index >= 15 is 0 Å². The highest BCUT2D eigenvalue weighted by molar-refractivity contribution is 5.94. The van der Waals surface area contributed by atoms with E-state index in [1.807, 2.05) is 24.3 Å². The van der Waals surface area contributed by atoms with Crippen LogP contribution < -0.4 is 10.5 Å². The van der Waals surface area contributed by atoms with E-state index in [2.05, 4.69) is 6.92 Å². The maximum atomic E-state index is 7.34. The smallest absolute Gasteiger partial charge is 0.122 e. The summed E-state index contributed by atoms with van der Waals surface area (Å²) in [7, 11) is 0. The van der Waals surface area contributed by atoms with Gasteiger partial charge in [0.2, 0.25) is 0 Å². The van der Waals surface area contributed by atoms with Crippen molar-refractivity contribution >= 4 is 5.84 Å². The zero-order valence-corrected chi connectivity index (χ0v) is 14.1. The van der Waals surface area contributed by atoms with Gasteiger partial charge in [-0.15, -0.1) is 0 Å². The Morgan fingerprint density at radius 2 is 1.36 bits per heavy atom. The molecule has 0 radical (unpaired) electrons. The number of rotatable bonds is 13. The molecule has 0 heterocycles. The predicted molar refractivity (Wildman–Crippen MR) is 94.8 cm³/mol. The van der Waals surface area contributed by atoms with Crippen molar-refractivity contribution in [1.29, 1.82) is 5.41 Å². The SMILES string of the molecule is CCCCCCCCCCCCOc1ccc(C(=N)N)cc1. The predicted octanol–water partition coefficient (Wildman–Crippen LogP) is 5.27. The van der Waals surface area contributed by atoms with Gasteiger partial charge in [0.25, 0.3) is 0 Å². The van der Waals surface area contributed by atoms with Crippen molar-refractivity contribution in [1.82, 2.24) is 0 Å². The van der Waals surface area contributed by atoms with E-state index < -0.39 is 0 Å². The summed E-state index contributed by atoms with van der Waals surface area (Å²) in [6.45, 7) is 3.04. The van der Waals surface area contributed by atoms with Crippen LogP contribution >= 0.6 is 0 Å². The Hall–Kier alpha value is -1.51. The fraction of sp³-hybridized carbons (Fsp3) is 0.632. The lowest BCUT2D eigenvalue weighted by Gasteiger charge is -2.07. The van der Waals surface area contributed by atoms with Crippen LogP contribution in [0.25, 0.3) is 0 Å². The number of ether oxygens (including phenoxy) is 1. The molecule has 0 amide bonds. The Bertz CT molecular complexity index is 400. The van der Waals surface area contributed by atoms with Crippen molar-refractivity contribution in [3.8, 4) is 5.75 Å². The molecule has 0 aliphatic carbocycles. The Balaban J connectivity index is 1.94. The fourth-order valence-corrected chi connectivity index (χ4v) is 2.51. The van der Waals surface area contributed by atoms with Crippen molar-refractivity contribution in [2.75, 3.05) is 6.61 Å². The van der Waals surface area contributed by atoms with E-state index in [1.54, 1.807) is 0 Å². The lowest BCUT2D eigenvalue weighted by Crippen LogP contribution is -2.10. The third kappa shape index (κ3) is 8.71. The number of nitrogens with two attached hydrogens (primary N) is 1. The van der Waals surface area contributed by atoms with Crippen molar-refractivity contribution in [2.24, 2.45) is 5.73 Å². The quantitative estimate of drug-likeness (QED) is 0.296. The summed E-state index contributed by atoms with van der Waals surface area (Å²) in [4.78, 5) is 0. The summed E-state index contributed by atoms with van der Waals surface area (Å²) in [6, 6.07) is 7.42. The molecule has 0 aliphatic rings. The monoisotopic (exact) mass is 304 g/mol. The number of nitrogen functional groups attached to an aromatic ring is 1. The summed E-state index contributed by atoms with van der Waals surface area (Å²) in [5.41, 5.74) is 6.16. The molecule has 0 aromatic heterocycles. The molecular weight excluding hydrogens is 272 g/mol. The van der Waals surface area contributed by atoms with Gasteiger partial charge in [-0.1, -0.05) is 64.7 Å². The van der Waals surface area contributed by atoms with E-state index in [0.717, 1.165) is 24.3 Å². The highest BCUT2D eigenvalue weighted by Gasteiger charge is 1.98. The number of hydrogen-bond acceptors (Lipinski definition) is 2. The summed E-state index contributed by atoms with van der Waals surface area (Å²) in [6.07, 6.45) is 13.4. The standard InChI is InChI=1S/C19H32N2O/c1-2-3-4-5-6-7-8-9-10-11-16-22-18-14-12-17(13-15-18)19(20)21/h12-15H,2-11,16H2,1H3,(H3,20,21). The van der Waals surface area contributed by atoms with Gasteiger partial charge in [0.15, 0.2) is 0 Å². The summed E-state index contributed by atoms with van der Waals surface area (Å²) in [5, 5.41) is 7.34. The van der Waals surface area contributed by atoms with Gasteiger partial charge in [0, 0.05) is 5.56 Å². The van der Waals surface area contributed by atoms with Gasteiger partial charge in [-0.2, -0.15) is 0 Å². The fourth-order valence-electron chi connectivity index (χ4n) is 2.51. The Morgan fingerprint density at radius 1 is 0.864 bits per heavy atom. The van der Waals surface area contributed by atoms with Crippen LogP contribution in [0.3, 0.4) is 0 Å². The Labute approximate surface area is 135 Å². The van der Waals surface area contributed by atoms with E-state index in [0.29, 0.717) is 0 Å². The molecule has 0 unspecified atom stereocenters. The second-order valence-electron chi connectivity index (χ2n) is 5.97. The van der Waals surface area contributed by atoms with Gasteiger partial charge in [-0.25, -0.2) is 0 Å². The number of benzene rings is 1. The minimum absolute atomic E-state index is 0.0984. The lowest BCUT2D eigenvalue weighted by atomic mass is 10.1. The minimum Gasteiger partial charge on any atom is -0.494 e. The zero-order chi connectivity index (χ0) is 16.0. The van der Waals surface area contributed by atoms with Crippen LogP contribution in [0.4, 0.5) is 0 Å². The summed E-state index contributed by atoms with van der Waals surface area (Å²) < 4.78 is 5.70. The van der Waals surface area contributed by atoms with Gasteiger partial charge in [-0.3, -0.25) is 5.41 Å². The molecular formula is C19H32N2O. The molecule has 1 aromatic carbocycles. The summed E-state index contributed by atoms with van der Waals surface area (Å²) >= 11 is 0. The van der Waals surface area contributed by atoms with Gasteiger partial charge < -0.3 is 10.5 Å². The molecule has 1 rings (SSSR count). The molecule has 3 N–H and O–H groups in total. The molecule has 0 fully saturated rings. The Morgan fingerprint density at radius 3 is 1.86 bits per heavy atom. The van der Waals surface area contributed by atoms with Gasteiger partial charge in [-0.05, 0) is 30.7 Å². The summed E-state index contributed by atoms with van der Waals surface area (Å²) in [5.74, 6) is 0.960. The third-order valence-corrected chi connectivity index (χ3v) is 3.93. The van der Waals surface area contributed by atoms with Crippen molar-refractivity contribution in [3.05, 3.63) is 29.8 Å². The Kier molecular flexibility index (Phi) is 10.2. The zero-order valence-electron chi connectivity index (χ0n) is 14.1. The molecule has 124 valence electrons. The average molecular weight is 304 g/mol. The van der Waals surface area contributed by atoms with Crippen molar-refractivity contribution < 1.29 is 4.74 Å². The maximum Gasteiger partial charge on any atom is 0.122 e. The highest BCUT2D eigenvalue weighted by Crippen LogP contribution is 2.14. The molecule has 0 bridgehead atoms. The van der Waals surface area contributed by atoms with Crippen LogP contribution in [-0.4, -0.2) is 12.4 Å². The van der Waals surface area contributed by atoms with Crippen LogP contribution in [-0.2, 0) is 0 Å². The normalized spacial score (nSPS) is 10.6. The highest BCUT2D eigenvalue weighted by atomic mass is 16.5. The van der Waals surface area contributed by atoms with E-state index in [9.17, 15) is 0 Å². The molecule has 3 heteroatoms. The van der Waals surface area contributed by atoms with Crippen LogP contribution in [0.2, 0.25) is 0 Å².